The molecular formula is C22H19BrN6O2. The van der Waals surface area contributed by atoms with Crippen molar-refractivity contribution >= 4 is 27.7 Å². The van der Waals surface area contributed by atoms with Crippen molar-refractivity contribution < 1.29 is 9.59 Å². The van der Waals surface area contributed by atoms with E-state index < -0.39 is 28.1 Å². The Morgan fingerprint density at radius 3 is 2.13 bits per heavy atom. The summed E-state index contributed by atoms with van der Waals surface area (Å²) in [6, 6.07) is 10.6. The summed E-state index contributed by atoms with van der Waals surface area (Å²) in [7, 11) is 0. The first-order chi connectivity index (χ1) is 14.6. The fourth-order valence-corrected chi connectivity index (χ4v) is 5.30. The third-order valence-electron chi connectivity index (χ3n) is 7.26. The van der Waals surface area contributed by atoms with Crippen molar-refractivity contribution in [2.24, 2.45) is 5.41 Å². The quantitative estimate of drug-likeness (QED) is 0.637. The number of rotatable bonds is 2. The third kappa shape index (κ3) is 2.63. The number of hydrazine groups is 1. The van der Waals surface area contributed by atoms with Gasteiger partial charge in [0.15, 0.2) is 11.4 Å². The highest BCUT2D eigenvalue weighted by molar-refractivity contribution is 9.10. The number of nitriles is 2. The van der Waals surface area contributed by atoms with Crippen LogP contribution in [0.4, 0.5) is 0 Å². The van der Waals surface area contributed by atoms with Crippen molar-refractivity contribution in [3.05, 3.63) is 57.1 Å². The monoisotopic (exact) mass is 478 g/mol. The summed E-state index contributed by atoms with van der Waals surface area (Å²) in [5.41, 5.74) is 4.12. The van der Waals surface area contributed by atoms with Crippen LogP contribution in [-0.2, 0) is 15.6 Å². The molecule has 1 heterocycles. The number of carbonyl (C=O) groups is 2. The molecule has 1 saturated carbocycles. The second-order valence-corrected chi connectivity index (χ2v) is 9.53. The summed E-state index contributed by atoms with van der Waals surface area (Å²) in [6.45, 7) is 5.95. The maximum Gasteiger partial charge on any atom is 0.269 e. The van der Waals surface area contributed by atoms with Crippen LogP contribution < -0.4 is 10.9 Å². The zero-order valence-electron chi connectivity index (χ0n) is 17.2. The topological polar surface area (TPSA) is 132 Å². The molecule has 0 saturated heterocycles. The second-order valence-electron chi connectivity index (χ2n) is 8.62. The molecule has 2 N–H and O–H groups in total. The van der Waals surface area contributed by atoms with Crippen LogP contribution in [0.3, 0.4) is 0 Å². The van der Waals surface area contributed by atoms with Crippen LogP contribution in [0.25, 0.3) is 0 Å². The van der Waals surface area contributed by atoms with Crippen LogP contribution >= 0.6 is 15.9 Å². The molecule has 2 unspecified atom stereocenters. The zero-order chi connectivity index (χ0) is 22.6. The fraction of sp³-hybridized carbons (Fsp3) is 0.364. The Morgan fingerprint density at radius 1 is 0.968 bits per heavy atom. The summed E-state index contributed by atoms with van der Waals surface area (Å²) in [5.74, 6) is -0.856. The number of carbonyl (C=O) groups excluding carboxylic acids is 2. The molecule has 4 rings (SSSR count). The summed E-state index contributed by atoms with van der Waals surface area (Å²) < 4.78 is 0.838. The van der Waals surface area contributed by atoms with Gasteiger partial charge in [-0.2, -0.15) is 10.5 Å². The predicted octanol–water partition coefficient (Wildman–Crippen LogP) is 2.77. The first-order valence-electron chi connectivity index (χ1n) is 9.72. The number of halogens is 1. The maximum atomic E-state index is 13.5. The average Bonchev–Trinajstić information content (AvgIpc) is 3.06. The minimum Gasteiger partial charge on any atom is -0.272 e. The van der Waals surface area contributed by atoms with Gasteiger partial charge in [0.1, 0.15) is 17.6 Å². The standard InChI is InChI=1S/C22H19BrN6O2/c1-20(2)21(3)8-9-22(20,17-16(21)26-14(10-24)15(11-25)27-17)19(31)29-28-18(30)12-4-6-13(23)7-5-12/h4-7H,8-9H2,1-3H3,(H,28,30)(H,29,31). The van der Waals surface area contributed by atoms with Gasteiger partial charge >= 0.3 is 0 Å². The van der Waals surface area contributed by atoms with E-state index in [2.05, 4.69) is 36.7 Å². The molecule has 8 nitrogen and oxygen atoms in total. The van der Waals surface area contributed by atoms with E-state index in [9.17, 15) is 20.1 Å². The number of hydrogen-bond acceptors (Lipinski definition) is 6. The Bertz CT molecular complexity index is 1210. The molecule has 2 aliphatic rings. The lowest BCUT2D eigenvalue weighted by Gasteiger charge is -2.39. The van der Waals surface area contributed by atoms with Crippen molar-refractivity contribution in [2.45, 2.75) is 44.4 Å². The average molecular weight is 479 g/mol. The summed E-state index contributed by atoms with van der Waals surface area (Å²) in [4.78, 5) is 34.9. The molecule has 2 bridgehead atoms. The number of nitrogens with zero attached hydrogens (tertiary/aromatic N) is 4. The smallest absolute Gasteiger partial charge is 0.269 e. The van der Waals surface area contributed by atoms with E-state index in [1.54, 1.807) is 24.3 Å². The van der Waals surface area contributed by atoms with Gasteiger partial charge in [-0.3, -0.25) is 20.4 Å². The minimum atomic E-state index is -1.09. The van der Waals surface area contributed by atoms with E-state index in [4.69, 9.17) is 0 Å². The Hall–Kier alpha value is -3.30. The Kier molecular flexibility index (Phi) is 4.64. The van der Waals surface area contributed by atoms with E-state index in [0.717, 1.165) is 4.47 Å². The van der Waals surface area contributed by atoms with Gasteiger partial charge in [-0.25, -0.2) is 9.97 Å². The first kappa shape index (κ1) is 21.0. The summed E-state index contributed by atoms with van der Waals surface area (Å²) in [5, 5.41) is 18.8. The highest BCUT2D eigenvalue weighted by Crippen LogP contribution is 2.70. The van der Waals surface area contributed by atoms with Crippen molar-refractivity contribution in [1.82, 2.24) is 20.8 Å². The number of aromatic nitrogens is 2. The predicted molar refractivity (Wildman–Crippen MR) is 113 cm³/mol. The highest BCUT2D eigenvalue weighted by atomic mass is 79.9. The fourth-order valence-electron chi connectivity index (χ4n) is 5.03. The van der Waals surface area contributed by atoms with E-state index in [1.807, 2.05) is 32.9 Å². The Labute approximate surface area is 187 Å². The lowest BCUT2D eigenvalue weighted by Crippen LogP contribution is -2.55. The van der Waals surface area contributed by atoms with Gasteiger partial charge in [0.2, 0.25) is 0 Å². The molecule has 9 heteroatoms. The molecule has 31 heavy (non-hydrogen) atoms. The van der Waals surface area contributed by atoms with Crippen LogP contribution in [0.2, 0.25) is 0 Å². The van der Waals surface area contributed by atoms with Gasteiger partial charge < -0.3 is 0 Å². The van der Waals surface area contributed by atoms with Crippen LogP contribution in [0.1, 0.15) is 66.7 Å². The molecule has 2 aliphatic carbocycles. The van der Waals surface area contributed by atoms with E-state index in [1.165, 1.54) is 0 Å². The molecule has 1 aromatic carbocycles. The number of amides is 2. The van der Waals surface area contributed by atoms with Crippen LogP contribution in [0.5, 0.6) is 0 Å². The third-order valence-corrected chi connectivity index (χ3v) is 7.79. The van der Waals surface area contributed by atoms with Crippen LogP contribution in [0.15, 0.2) is 28.7 Å². The van der Waals surface area contributed by atoms with Crippen molar-refractivity contribution in [1.29, 1.82) is 10.5 Å². The Balaban J connectivity index is 1.72. The van der Waals surface area contributed by atoms with Crippen molar-refractivity contribution in [3.8, 4) is 12.1 Å². The summed E-state index contributed by atoms with van der Waals surface area (Å²) in [6.07, 6.45) is 1.17. The van der Waals surface area contributed by atoms with E-state index >= 15 is 0 Å². The van der Waals surface area contributed by atoms with Crippen LogP contribution in [-0.4, -0.2) is 21.8 Å². The molecule has 2 aromatic rings. The molecule has 2 amide bonds. The van der Waals surface area contributed by atoms with E-state index in [-0.39, 0.29) is 11.4 Å². The van der Waals surface area contributed by atoms with Gasteiger partial charge in [0.05, 0.1) is 11.4 Å². The molecule has 2 atom stereocenters. The van der Waals surface area contributed by atoms with Crippen LogP contribution in [0, 0.1) is 28.1 Å². The molecule has 156 valence electrons. The van der Waals surface area contributed by atoms with Gasteiger partial charge in [-0.05, 0) is 42.5 Å². The van der Waals surface area contributed by atoms with Gasteiger partial charge in [-0.1, -0.05) is 36.7 Å². The Morgan fingerprint density at radius 2 is 1.55 bits per heavy atom. The van der Waals surface area contributed by atoms with Crippen molar-refractivity contribution in [2.75, 3.05) is 0 Å². The normalized spacial score (nSPS) is 24.6. The molecular weight excluding hydrogens is 460 g/mol. The minimum absolute atomic E-state index is 0.0371. The largest absolute Gasteiger partial charge is 0.272 e. The number of nitrogens with one attached hydrogen (secondary N) is 2. The number of fused-ring (bicyclic) bond motifs is 5. The first-order valence-corrected chi connectivity index (χ1v) is 10.5. The van der Waals surface area contributed by atoms with E-state index in [0.29, 0.717) is 29.8 Å². The lowest BCUT2D eigenvalue weighted by atomic mass is 9.63. The van der Waals surface area contributed by atoms with Crippen molar-refractivity contribution in [3.63, 3.8) is 0 Å². The number of hydrogen-bond donors (Lipinski definition) is 2. The highest BCUT2D eigenvalue weighted by Gasteiger charge is 2.73. The maximum absolute atomic E-state index is 13.5. The molecule has 0 radical (unpaired) electrons. The molecule has 1 aromatic heterocycles. The van der Waals surface area contributed by atoms with Gasteiger partial charge in [-0.15, -0.1) is 0 Å². The SMILES string of the molecule is CC12CCC(C(=O)NNC(=O)c3ccc(Br)cc3)(c3nc(C#N)c(C#N)nc31)C2(C)C. The molecule has 0 spiro atoms. The molecule has 1 fully saturated rings. The zero-order valence-corrected chi connectivity index (χ0v) is 18.8. The second kappa shape index (κ2) is 6.86. The van der Waals surface area contributed by atoms with Gasteiger partial charge in [0, 0.05) is 15.5 Å². The molecule has 0 aliphatic heterocycles. The lowest BCUT2D eigenvalue weighted by molar-refractivity contribution is -0.131. The number of benzene rings is 1. The summed E-state index contributed by atoms with van der Waals surface area (Å²) >= 11 is 3.32. The van der Waals surface area contributed by atoms with Gasteiger partial charge in [0.25, 0.3) is 11.8 Å².